The Morgan fingerprint density at radius 1 is 1.47 bits per heavy atom. The van der Waals surface area contributed by atoms with Gasteiger partial charge in [0.25, 0.3) is 0 Å². The molecule has 4 nitrogen and oxygen atoms in total. The molecule has 2 N–H and O–H groups in total. The first-order valence-corrected chi connectivity index (χ1v) is 7.07. The summed E-state index contributed by atoms with van der Waals surface area (Å²) in [6, 6.07) is 6.09. The van der Waals surface area contributed by atoms with Crippen molar-refractivity contribution in [1.29, 1.82) is 0 Å². The number of sulfone groups is 1. The molecule has 0 saturated carbocycles. The number of Topliss-reactive ketones (excluding diaryl/α,β-unsaturated/α-hetero) is 1. The van der Waals surface area contributed by atoms with E-state index in [1.54, 1.807) is 12.1 Å². The quantitative estimate of drug-likeness (QED) is 0.517. The highest BCUT2D eigenvalue weighted by Gasteiger charge is 2.43. The molecule has 0 bridgehead atoms. The minimum absolute atomic E-state index is 0.193. The van der Waals surface area contributed by atoms with E-state index < -0.39 is 19.8 Å². The summed E-state index contributed by atoms with van der Waals surface area (Å²) in [7, 11) is -3.68. The molecule has 6 heteroatoms. The van der Waals surface area contributed by atoms with E-state index in [4.69, 9.17) is 17.3 Å². The predicted molar refractivity (Wildman–Crippen MR) is 68.9 cm³/mol. The molecule has 0 radical (unpaired) electrons. The Bertz CT molecular complexity index is 537. The largest absolute Gasteiger partial charge is 0.399 e. The van der Waals surface area contributed by atoms with Crippen molar-refractivity contribution in [2.75, 3.05) is 11.5 Å². The minimum Gasteiger partial charge on any atom is -0.399 e. The SMILES string of the molecule is CCS(=O)(=O)[C@](C)(Cl)C(=O)c1cccc(N)c1. The van der Waals surface area contributed by atoms with E-state index in [-0.39, 0.29) is 11.3 Å². The zero-order valence-corrected chi connectivity index (χ0v) is 11.2. The van der Waals surface area contributed by atoms with Crippen LogP contribution in [-0.2, 0) is 9.84 Å². The Kier molecular flexibility index (Phi) is 3.84. The van der Waals surface area contributed by atoms with Gasteiger partial charge in [0.1, 0.15) is 0 Å². The van der Waals surface area contributed by atoms with E-state index in [0.717, 1.165) is 0 Å². The molecule has 1 aromatic carbocycles. The van der Waals surface area contributed by atoms with Gasteiger partial charge in [0.05, 0.1) is 0 Å². The Hall–Kier alpha value is -1.07. The van der Waals surface area contributed by atoms with Gasteiger partial charge in [0.2, 0.25) is 4.21 Å². The summed E-state index contributed by atoms with van der Waals surface area (Å²) < 4.78 is 21.5. The third-order valence-electron chi connectivity index (χ3n) is 2.52. The zero-order chi connectivity index (χ0) is 13.3. The van der Waals surface area contributed by atoms with Gasteiger partial charge in [-0.2, -0.15) is 0 Å². The van der Waals surface area contributed by atoms with Gasteiger partial charge >= 0.3 is 0 Å². The number of benzene rings is 1. The van der Waals surface area contributed by atoms with Crippen molar-refractivity contribution in [2.24, 2.45) is 0 Å². The number of carbonyl (C=O) groups is 1. The molecule has 94 valence electrons. The number of hydrogen-bond acceptors (Lipinski definition) is 4. The summed E-state index contributed by atoms with van der Waals surface area (Å²) in [5.74, 6) is -0.852. The summed E-state index contributed by atoms with van der Waals surface area (Å²) in [6.45, 7) is 2.64. The molecular formula is C11H14ClNO3S. The summed E-state index contributed by atoms with van der Waals surface area (Å²) in [6.07, 6.45) is 0. The summed E-state index contributed by atoms with van der Waals surface area (Å²) in [5, 5.41) is 0. The molecule has 1 rings (SSSR count). The van der Waals surface area contributed by atoms with Gasteiger partial charge < -0.3 is 5.73 Å². The first kappa shape index (κ1) is 14.0. The Morgan fingerprint density at radius 3 is 2.53 bits per heavy atom. The van der Waals surface area contributed by atoms with Gasteiger partial charge in [-0.25, -0.2) is 8.42 Å². The number of alkyl halides is 1. The topological polar surface area (TPSA) is 77.2 Å². The maximum atomic E-state index is 12.1. The normalized spacial score (nSPS) is 15.2. The van der Waals surface area contributed by atoms with E-state index in [1.807, 2.05) is 0 Å². The highest BCUT2D eigenvalue weighted by atomic mass is 35.5. The van der Waals surface area contributed by atoms with E-state index in [1.165, 1.54) is 26.0 Å². The van der Waals surface area contributed by atoms with Crippen molar-refractivity contribution in [1.82, 2.24) is 0 Å². The molecule has 0 aliphatic heterocycles. The van der Waals surface area contributed by atoms with Crippen LogP contribution < -0.4 is 5.73 Å². The van der Waals surface area contributed by atoms with Crippen LogP contribution in [0.3, 0.4) is 0 Å². The lowest BCUT2D eigenvalue weighted by molar-refractivity contribution is 0.0978. The average Bonchev–Trinajstić information content (AvgIpc) is 2.27. The second-order valence-electron chi connectivity index (χ2n) is 3.77. The second-order valence-corrected chi connectivity index (χ2v) is 7.38. The van der Waals surface area contributed by atoms with Crippen LogP contribution in [0.2, 0.25) is 0 Å². The fourth-order valence-electron chi connectivity index (χ4n) is 1.35. The maximum Gasteiger partial charge on any atom is 0.205 e. The van der Waals surface area contributed by atoms with Crippen LogP contribution in [0.1, 0.15) is 24.2 Å². The molecule has 0 heterocycles. The minimum atomic E-state index is -3.68. The zero-order valence-electron chi connectivity index (χ0n) is 9.60. The molecule has 17 heavy (non-hydrogen) atoms. The number of anilines is 1. The Morgan fingerprint density at radius 2 is 2.06 bits per heavy atom. The molecule has 1 aromatic rings. The van der Waals surface area contributed by atoms with E-state index in [0.29, 0.717) is 5.69 Å². The molecule has 0 amide bonds. The number of ketones is 1. The van der Waals surface area contributed by atoms with Crippen molar-refractivity contribution < 1.29 is 13.2 Å². The van der Waals surface area contributed by atoms with Crippen molar-refractivity contribution in [2.45, 2.75) is 18.1 Å². The predicted octanol–water partition coefficient (Wildman–Crippen LogP) is 1.84. The van der Waals surface area contributed by atoms with Crippen LogP contribution in [0.15, 0.2) is 24.3 Å². The van der Waals surface area contributed by atoms with Crippen LogP contribution in [0.5, 0.6) is 0 Å². The lowest BCUT2D eigenvalue weighted by Gasteiger charge is -2.20. The maximum absolute atomic E-state index is 12.1. The van der Waals surface area contributed by atoms with E-state index >= 15 is 0 Å². The summed E-state index contributed by atoms with van der Waals surface area (Å²) in [5.41, 5.74) is 6.12. The molecule has 0 fully saturated rings. The monoisotopic (exact) mass is 275 g/mol. The number of carbonyl (C=O) groups excluding carboxylic acids is 1. The van der Waals surface area contributed by atoms with Crippen LogP contribution in [0.4, 0.5) is 5.69 Å². The molecule has 0 spiro atoms. The third kappa shape index (κ3) is 2.61. The van der Waals surface area contributed by atoms with Gasteiger partial charge in [-0.3, -0.25) is 4.79 Å². The van der Waals surface area contributed by atoms with Gasteiger partial charge in [-0.15, -0.1) is 0 Å². The summed E-state index contributed by atoms with van der Waals surface area (Å²) >= 11 is 5.89. The van der Waals surface area contributed by atoms with Crippen LogP contribution in [-0.4, -0.2) is 24.2 Å². The van der Waals surface area contributed by atoms with Crippen LogP contribution >= 0.6 is 11.6 Å². The molecule has 0 aromatic heterocycles. The molecule has 0 aliphatic carbocycles. The van der Waals surface area contributed by atoms with Crippen molar-refractivity contribution in [3.63, 3.8) is 0 Å². The second kappa shape index (κ2) is 4.66. The van der Waals surface area contributed by atoms with Gasteiger partial charge in [-0.1, -0.05) is 30.7 Å². The first-order chi connectivity index (χ1) is 7.72. The van der Waals surface area contributed by atoms with Gasteiger partial charge in [-0.05, 0) is 19.1 Å². The lowest BCUT2D eigenvalue weighted by atomic mass is 10.1. The molecule has 0 unspecified atom stereocenters. The highest BCUT2D eigenvalue weighted by Crippen LogP contribution is 2.28. The van der Waals surface area contributed by atoms with Gasteiger partial charge in [0, 0.05) is 17.0 Å². The first-order valence-electron chi connectivity index (χ1n) is 5.04. The molecule has 1 atom stereocenters. The number of halogens is 1. The lowest BCUT2D eigenvalue weighted by Crippen LogP contribution is -2.39. The molecule has 0 aliphatic rings. The third-order valence-corrected chi connectivity index (χ3v) is 5.51. The molecule has 0 saturated heterocycles. The number of hydrogen-bond donors (Lipinski definition) is 1. The van der Waals surface area contributed by atoms with Crippen LogP contribution in [0.25, 0.3) is 0 Å². The van der Waals surface area contributed by atoms with Gasteiger partial charge in [0.15, 0.2) is 15.6 Å². The van der Waals surface area contributed by atoms with Crippen molar-refractivity contribution in [3.05, 3.63) is 29.8 Å². The Balaban J connectivity index is 3.23. The fourth-order valence-corrected chi connectivity index (χ4v) is 2.73. The molecular weight excluding hydrogens is 262 g/mol. The average molecular weight is 276 g/mol. The van der Waals surface area contributed by atoms with Crippen molar-refractivity contribution in [3.8, 4) is 0 Å². The number of nitrogens with two attached hydrogens (primary N) is 1. The number of nitrogen functional groups attached to an aromatic ring is 1. The highest BCUT2D eigenvalue weighted by molar-refractivity contribution is 7.95. The van der Waals surface area contributed by atoms with E-state index in [2.05, 4.69) is 0 Å². The summed E-state index contributed by atoms with van der Waals surface area (Å²) in [4.78, 5) is 12.1. The standard InChI is InChI=1S/C11H14ClNO3S/c1-3-17(15,16)11(2,12)10(14)8-5-4-6-9(13)7-8/h4-7H,3,13H2,1-2H3/t11-/m0/s1. The smallest absolute Gasteiger partial charge is 0.205 e. The fraction of sp³-hybridized carbons (Fsp3) is 0.364. The van der Waals surface area contributed by atoms with E-state index in [9.17, 15) is 13.2 Å². The van der Waals surface area contributed by atoms with Crippen LogP contribution in [0, 0.1) is 0 Å². The number of rotatable bonds is 4. The van der Waals surface area contributed by atoms with Crippen molar-refractivity contribution >= 4 is 32.9 Å². The Labute approximate surface area is 106 Å².